The van der Waals surface area contributed by atoms with Crippen LogP contribution in [0.25, 0.3) is 0 Å². The highest BCUT2D eigenvalue weighted by Crippen LogP contribution is 2.45. The second-order valence-corrected chi connectivity index (χ2v) is 11.9. The number of nitrogens with one attached hydrogen (secondary N) is 1. The molecule has 2 aliphatic rings. The Labute approximate surface area is 259 Å². The van der Waals surface area contributed by atoms with Crippen LogP contribution in [0.3, 0.4) is 0 Å². The highest BCUT2D eigenvalue weighted by Gasteiger charge is 2.46. The smallest absolute Gasteiger partial charge is 0.326 e. The maximum atomic E-state index is 14.4. The number of urea groups is 1. The van der Waals surface area contributed by atoms with E-state index in [4.69, 9.17) is 21.3 Å². The summed E-state index contributed by atoms with van der Waals surface area (Å²) in [6.45, 7) is 5.98. The predicted molar refractivity (Wildman–Crippen MR) is 163 cm³/mol. The SMILES string of the molecule is CC(C)(C)Oc1cc(C(=O)CC(=O)O)ccc1C1=NC(c2ccc(Cl)cc2)C(c2ccccn2)N1C(=O)N1CCNC(=O)C1. The summed E-state index contributed by atoms with van der Waals surface area (Å²) in [4.78, 5) is 63.4. The zero-order chi connectivity index (χ0) is 31.6. The number of hydrogen-bond acceptors (Lipinski definition) is 7. The fourth-order valence-corrected chi connectivity index (χ4v) is 5.32. The van der Waals surface area contributed by atoms with E-state index in [1.807, 2.05) is 45.0 Å². The van der Waals surface area contributed by atoms with Crippen molar-refractivity contribution < 1.29 is 29.0 Å². The number of hydrogen-bond donors (Lipinski definition) is 2. The van der Waals surface area contributed by atoms with Crippen molar-refractivity contribution in [3.8, 4) is 5.75 Å². The molecule has 5 rings (SSSR count). The summed E-state index contributed by atoms with van der Waals surface area (Å²) in [6.07, 6.45) is 0.956. The molecule has 2 N–H and O–H groups in total. The third-order valence-electron chi connectivity index (χ3n) is 7.06. The van der Waals surface area contributed by atoms with Gasteiger partial charge < -0.3 is 20.1 Å². The van der Waals surface area contributed by atoms with E-state index in [2.05, 4.69) is 10.3 Å². The van der Waals surface area contributed by atoms with E-state index in [1.165, 1.54) is 21.9 Å². The molecule has 44 heavy (non-hydrogen) atoms. The molecule has 3 amide bonds. The lowest BCUT2D eigenvalue weighted by molar-refractivity contribution is -0.136. The Morgan fingerprint density at radius 1 is 1.09 bits per heavy atom. The number of carbonyl (C=O) groups is 4. The zero-order valence-corrected chi connectivity index (χ0v) is 25.2. The molecule has 3 aromatic rings. The van der Waals surface area contributed by atoms with Gasteiger partial charge in [-0.25, -0.2) is 4.79 Å². The molecule has 0 spiro atoms. The summed E-state index contributed by atoms with van der Waals surface area (Å²) >= 11 is 6.21. The van der Waals surface area contributed by atoms with Crippen molar-refractivity contribution in [2.24, 2.45) is 4.99 Å². The summed E-state index contributed by atoms with van der Waals surface area (Å²) in [5, 5.41) is 12.5. The molecule has 1 saturated heterocycles. The Kier molecular flexibility index (Phi) is 8.68. The number of benzene rings is 2. The second-order valence-electron chi connectivity index (χ2n) is 11.5. The number of ketones is 1. The fourth-order valence-electron chi connectivity index (χ4n) is 5.20. The van der Waals surface area contributed by atoms with Crippen LogP contribution in [-0.2, 0) is 9.59 Å². The maximum Gasteiger partial charge on any atom is 0.326 e. The van der Waals surface area contributed by atoms with E-state index in [0.717, 1.165) is 5.56 Å². The normalized spacial score (nSPS) is 18.5. The number of piperazine rings is 1. The number of rotatable bonds is 7. The highest BCUT2D eigenvalue weighted by molar-refractivity contribution is 6.30. The van der Waals surface area contributed by atoms with Crippen molar-refractivity contribution in [2.75, 3.05) is 19.6 Å². The van der Waals surface area contributed by atoms with Crippen LogP contribution in [0.5, 0.6) is 5.75 Å². The van der Waals surface area contributed by atoms with Crippen LogP contribution in [-0.4, -0.2) is 74.7 Å². The quantitative estimate of drug-likeness (QED) is 0.290. The lowest BCUT2D eigenvalue weighted by Gasteiger charge is -2.35. The van der Waals surface area contributed by atoms with Crippen LogP contribution in [0.15, 0.2) is 71.9 Å². The summed E-state index contributed by atoms with van der Waals surface area (Å²) in [5.41, 5.74) is 1.19. The minimum atomic E-state index is -1.25. The number of carboxylic acids is 1. The summed E-state index contributed by atoms with van der Waals surface area (Å²) in [5.74, 6) is -1.60. The van der Waals surface area contributed by atoms with Crippen LogP contribution in [0, 0.1) is 0 Å². The van der Waals surface area contributed by atoms with Gasteiger partial charge in [0.2, 0.25) is 5.91 Å². The molecule has 0 bridgehead atoms. The average Bonchev–Trinajstić information content (AvgIpc) is 3.36. The average molecular weight is 618 g/mol. The molecule has 12 heteroatoms. The Morgan fingerprint density at radius 2 is 1.84 bits per heavy atom. The van der Waals surface area contributed by atoms with Gasteiger partial charge in [0.05, 0.1) is 11.3 Å². The zero-order valence-electron chi connectivity index (χ0n) is 24.5. The van der Waals surface area contributed by atoms with Gasteiger partial charge in [0.1, 0.15) is 42.2 Å². The van der Waals surface area contributed by atoms with Gasteiger partial charge in [-0.3, -0.25) is 29.3 Å². The maximum absolute atomic E-state index is 14.4. The number of pyridine rings is 1. The third kappa shape index (κ3) is 6.73. The van der Waals surface area contributed by atoms with Crippen molar-refractivity contribution in [2.45, 2.75) is 44.9 Å². The molecule has 1 fully saturated rings. The van der Waals surface area contributed by atoms with Crippen LogP contribution in [0.4, 0.5) is 4.79 Å². The molecule has 0 radical (unpaired) electrons. The third-order valence-corrected chi connectivity index (χ3v) is 7.31. The Balaban J connectivity index is 1.71. The summed E-state index contributed by atoms with van der Waals surface area (Å²) < 4.78 is 6.30. The molecule has 11 nitrogen and oxygen atoms in total. The van der Waals surface area contributed by atoms with Gasteiger partial charge in [-0.2, -0.15) is 0 Å². The van der Waals surface area contributed by atoms with E-state index in [-0.39, 0.29) is 29.6 Å². The number of nitrogens with zero attached hydrogens (tertiary/aromatic N) is 4. The lowest BCUT2D eigenvalue weighted by Crippen LogP contribution is -2.55. The molecule has 228 valence electrons. The minimum absolute atomic E-state index is 0.128. The van der Waals surface area contributed by atoms with Crippen LogP contribution in [0.2, 0.25) is 5.02 Å². The summed E-state index contributed by atoms with van der Waals surface area (Å²) in [7, 11) is 0. The molecule has 1 aromatic heterocycles. The predicted octanol–water partition coefficient (Wildman–Crippen LogP) is 4.67. The van der Waals surface area contributed by atoms with E-state index in [9.17, 15) is 24.3 Å². The number of aliphatic carboxylic acids is 1. The number of Topliss-reactive ketones (excluding diaryl/α,β-unsaturated/α-hetero) is 1. The molecule has 2 aromatic carbocycles. The van der Waals surface area contributed by atoms with E-state index >= 15 is 0 Å². The van der Waals surface area contributed by atoms with Gasteiger partial charge in [-0.1, -0.05) is 35.9 Å². The first-order valence-electron chi connectivity index (χ1n) is 14.1. The monoisotopic (exact) mass is 617 g/mol. The number of aromatic nitrogens is 1. The number of amidine groups is 1. The number of halogens is 1. The van der Waals surface area contributed by atoms with Gasteiger partial charge in [-0.15, -0.1) is 0 Å². The van der Waals surface area contributed by atoms with Gasteiger partial charge in [0.15, 0.2) is 5.78 Å². The minimum Gasteiger partial charge on any atom is -0.487 e. The second kappa shape index (κ2) is 12.5. The van der Waals surface area contributed by atoms with E-state index in [0.29, 0.717) is 29.4 Å². The number of aliphatic imine (C=N–C) groups is 1. The van der Waals surface area contributed by atoms with Crippen LogP contribution >= 0.6 is 11.6 Å². The van der Waals surface area contributed by atoms with E-state index < -0.39 is 41.9 Å². The number of carbonyl (C=O) groups excluding carboxylic acids is 3. The molecular weight excluding hydrogens is 586 g/mol. The lowest BCUT2D eigenvalue weighted by atomic mass is 9.97. The molecule has 2 unspecified atom stereocenters. The van der Waals surface area contributed by atoms with Crippen molar-refractivity contribution >= 4 is 41.1 Å². The highest BCUT2D eigenvalue weighted by atomic mass is 35.5. The largest absolute Gasteiger partial charge is 0.487 e. The number of carboxylic acid groups (broad SMARTS) is 1. The van der Waals surface area contributed by atoms with Gasteiger partial charge in [0.25, 0.3) is 0 Å². The van der Waals surface area contributed by atoms with E-state index in [1.54, 1.807) is 30.5 Å². The first-order chi connectivity index (χ1) is 20.9. The first-order valence-corrected chi connectivity index (χ1v) is 14.5. The van der Waals surface area contributed by atoms with Crippen LogP contribution < -0.4 is 10.1 Å². The molecular formula is C32H32ClN5O6. The van der Waals surface area contributed by atoms with Gasteiger partial charge in [-0.05, 0) is 62.7 Å². The Bertz CT molecular complexity index is 1620. The Morgan fingerprint density at radius 3 is 2.48 bits per heavy atom. The standard InChI is InChI=1S/C32H32ClN5O6/c1-32(2,3)44-25-16-20(24(39)17-27(41)42)9-12-22(25)30-36-28(19-7-10-21(33)11-8-19)29(23-6-4-5-13-34-23)38(30)31(43)37-15-14-35-26(40)18-37/h4-13,16,28-29H,14-15,17-18H2,1-3H3,(H,35,40)(H,41,42). The fraction of sp³-hybridized carbons (Fsp3) is 0.312. The van der Waals surface area contributed by atoms with Gasteiger partial charge in [0, 0.05) is 29.9 Å². The molecule has 0 aliphatic carbocycles. The van der Waals surface area contributed by atoms with Crippen molar-refractivity contribution in [1.82, 2.24) is 20.1 Å². The van der Waals surface area contributed by atoms with Crippen molar-refractivity contribution in [3.05, 3.63) is 94.3 Å². The van der Waals surface area contributed by atoms with Crippen LogP contribution in [0.1, 0.15) is 66.5 Å². The molecule has 2 aliphatic heterocycles. The van der Waals surface area contributed by atoms with Crippen molar-refractivity contribution in [1.29, 1.82) is 0 Å². The topological polar surface area (TPSA) is 142 Å². The number of ether oxygens (including phenoxy) is 1. The number of amides is 3. The summed E-state index contributed by atoms with van der Waals surface area (Å²) in [6, 6.07) is 15.4. The Hall–Kier alpha value is -4.77. The molecule has 0 saturated carbocycles. The molecule has 3 heterocycles. The molecule has 2 atom stereocenters. The van der Waals surface area contributed by atoms with Gasteiger partial charge >= 0.3 is 12.0 Å². The first kappa shape index (κ1) is 30.7. The van der Waals surface area contributed by atoms with Crippen molar-refractivity contribution in [3.63, 3.8) is 0 Å².